The molecule has 0 aromatic heterocycles. The smallest absolute Gasteiger partial charge is 0.410 e. The fraction of sp³-hybridized carbons (Fsp3) is 0.490. The van der Waals surface area contributed by atoms with Crippen molar-refractivity contribution in [2.75, 3.05) is 39.1 Å². The maximum Gasteiger partial charge on any atom is 0.410 e. The van der Waals surface area contributed by atoms with E-state index in [9.17, 15) is 19.8 Å². The number of oxime groups is 1. The highest BCUT2D eigenvalue weighted by Crippen LogP contribution is 2.62. The van der Waals surface area contributed by atoms with Crippen LogP contribution in [-0.4, -0.2) is 89.7 Å². The first-order valence-corrected chi connectivity index (χ1v) is 22.4. The maximum atomic E-state index is 14.6. The van der Waals surface area contributed by atoms with Gasteiger partial charge >= 0.3 is 6.09 Å². The minimum absolute atomic E-state index is 0.0129. The number of ether oxygens (including phenoxy) is 6. The third kappa shape index (κ3) is 10.3. The molecule has 63 heavy (non-hydrogen) atoms. The van der Waals surface area contributed by atoms with Crippen LogP contribution in [0.25, 0.3) is 0 Å². The van der Waals surface area contributed by atoms with Gasteiger partial charge in [0, 0.05) is 43.2 Å². The van der Waals surface area contributed by atoms with Crippen molar-refractivity contribution in [1.29, 1.82) is 0 Å². The van der Waals surface area contributed by atoms with Crippen molar-refractivity contribution in [3.8, 4) is 28.7 Å². The van der Waals surface area contributed by atoms with E-state index in [2.05, 4.69) is 12.7 Å². The zero-order chi connectivity index (χ0) is 44.6. The molecule has 1 saturated carbocycles. The Kier molecular flexibility index (Phi) is 15.0. The third-order valence-corrected chi connectivity index (χ3v) is 12.2. The molecule has 0 unspecified atom stereocenters. The van der Waals surface area contributed by atoms with E-state index in [1.807, 2.05) is 57.2 Å². The zero-order valence-electron chi connectivity index (χ0n) is 36.3. The number of halogens is 1. The van der Waals surface area contributed by atoms with Crippen molar-refractivity contribution >= 4 is 29.7 Å². The summed E-state index contributed by atoms with van der Waals surface area (Å²) < 4.78 is 38.1. The summed E-state index contributed by atoms with van der Waals surface area (Å²) in [7, 11) is 0. The molecule has 338 valence electrons. The van der Waals surface area contributed by atoms with Gasteiger partial charge in [0.15, 0.2) is 11.5 Å². The van der Waals surface area contributed by atoms with E-state index >= 15 is 0 Å². The number of alkyl halides is 1. The van der Waals surface area contributed by atoms with Crippen LogP contribution in [0.3, 0.4) is 0 Å². The van der Waals surface area contributed by atoms with E-state index in [1.54, 1.807) is 35.2 Å². The normalized spacial score (nSPS) is 23.7. The Morgan fingerprint density at radius 3 is 2.49 bits per heavy atom. The number of aliphatic hydroxyl groups is 2. The SMILES string of the molecule is C=CCO[C@@]12Oc3ccc(Oc4cccc(C=O)c4)cc3[C@H]3[C@H](CCCCO)[C@@H](CCCCO)C=C(C(=NOC(C)(C)C)C[C@@H]1N(Cc1ccc4c(c1)OCO4)C(=O)OCCCl)[C@H]32. The van der Waals surface area contributed by atoms with Crippen molar-refractivity contribution in [2.45, 2.75) is 95.6 Å². The molecule has 0 spiro atoms. The Morgan fingerprint density at radius 1 is 0.984 bits per heavy atom. The minimum atomic E-state index is -1.53. The van der Waals surface area contributed by atoms with Crippen LogP contribution < -0.4 is 18.9 Å². The fourth-order valence-corrected chi connectivity index (χ4v) is 9.52. The summed E-state index contributed by atoms with van der Waals surface area (Å²) in [6, 6.07) is 17.4. The Balaban J connectivity index is 1.46. The maximum absolute atomic E-state index is 14.6. The van der Waals surface area contributed by atoms with Gasteiger partial charge in [-0.2, -0.15) is 0 Å². The number of carbonyl (C=O) groups is 2. The van der Waals surface area contributed by atoms with Crippen LogP contribution in [0.15, 0.2) is 90.1 Å². The van der Waals surface area contributed by atoms with Gasteiger partial charge in [0.2, 0.25) is 12.6 Å². The van der Waals surface area contributed by atoms with E-state index < -0.39 is 29.4 Å². The number of fused-ring (bicyclic) bond motifs is 3. The highest BCUT2D eigenvalue weighted by molar-refractivity contribution is 6.18. The Morgan fingerprint density at radius 2 is 1.75 bits per heavy atom. The number of rotatable bonds is 20. The van der Waals surface area contributed by atoms with Gasteiger partial charge in [0.05, 0.1) is 24.1 Å². The summed E-state index contributed by atoms with van der Waals surface area (Å²) in [5.74, 6) is 0.517. The van der Waals surface area contributed by atoms with Crippen LogP contribution in [0.2, 0.25) is 0 Å². The average Bonchev–Trinajstić information content (AvgIpc) is 3.75. The van der Waals surface area contributed by atoms with Crippen molar-refractivity contribution in [3.05, 3.63) is 102 Å². The molecule has 3 aromatic carbocycles. The van der Waals surface area contributed by atoms with E-state index in [4.69, 9.17) is 50.0 Å². The summed E-state index contributed by atoms with van der Waals surface area (Å²) >= 11 is 6.12. The first kappa shape index (κ1) is 45.9. The molecule has 2 aliphatic heterocycles. The van der Waals surface area contributed by atoms with Crippen LogP contribution in [0, 0.1) is 17.8 Å². The number of hydrogen-bond acceptors (Lipinski definition) is 12. The van der Waals surface area contributed by atoms with E-state index in [0.717, 1.165) is 48.7 Å². The monoisotopic (exact) mass is 886 g/mol. The van der Waals surface area contributed by atoms with Crippen molar-refractivity contribution in [2.24, 2.45) is 22.9 Å². The molecule has 3 aromatic rings. The van der Waals surface area contributed by atoms with Crippen LogP contribution in [-0.2, 0) is 20.9 Å². The molecule has 1 fully saturated rings. The number of amides is 1. The molecule has 2 heterocycles. The highest BCUT2D eigenvalue weighted by Gasteiger charge is 2.66. The largest absolute Gasteiger partial charge is 0.459 e. The van der Waals surface area contributed by atoms with Crippen LogP contribution >= 0.6 is 11.6 Å². The van der Waals surface area contributed by atoms with Gasteiger partial charge in [0.25, 0.3) is 0 Å². The Bertz CT molecular complexity index is 2150. The number of benzene rings is 3. The Hall–Kier alpha value is -5.08. The summed E-state index contributed by atoms with van der Waals surface area (Å²) in [6.45, 7) is 10.2. The molecule has 2 N–H and O–H groups in total. The van der Waals surface area contributed by atoms with Crippen LogP contribution in [0.5, 0.6) is 28.7 Å². The van der Waals surface area contributed by atoms with Crippen LogP contribution in [0.1, 0.15) is 93.1 Å². The van der Waals surface area contributed by atoms with Gasteiger partial charge in [-0.1, -0.05) is 48.3 Å². The molecule has 0 saturated heterocycles. The van der Waals surface area contributed by atoms with Gasteiger partial charge in [-0.05, 0) is 112 Å². The molecule has 13 nitrogen and oxygen atoms in total. The second-order valence-corrected chi connectivity index (χ2v) is 17.8. The summed E-state index contributed by atoms with van der Waals surface area (Å²) in [6.07, 6.45) is 8.67. The molecule has 6 atom stereocenters. The predicted octanol–water partition coefficient (Wildman–Crippen LogP) is 9.33. The van der Waals surface area contributed by atoms with Crippen molar-refractivity contribution < 1.29 is 53.1 Å². The fourth-order valence-electron chi connectivity index (χ4n) is 9.44. The van der Waals surface area contributed by atoms with Gasteiger partial charge < -0.3 is 43.5 Å². The van der Waals surface area contributed by atoms with Crippen molar-refractivity contribution in [3.63, 3.8) is 0 Å². The molecule has 14 heteroatoms. The lowest BCUT2D eigenvalue weighted by Crippen LogP contribution is -2.70. The van der Waals surface area contributed by atoms with E-state index in [-0.39, 0.29) is 69.8 Å². The minimum Gasteiger partial charge on any atom is -0.459 e. The van der Waals surface area contributed by atoms with Crippen LogP contribution in [0.4, 0.5) is 4.79 Å². The number of aliphatic hydroxyl groups excluding tert-OH is 2. The second-order valence-electron chi connectivity index (χ2n) is 17.4. The predicted molar refractivity (Wildman–Crippen MR) is 238 cm³/mol. The molecule has 4 aliphatic rings. The second kappa shape index (κ2) is 20.6. The van der Waals surface area contributed by atoms with Gasteiger partial charge in [-0.25, -0.2) is 4.79 Å². The molecular formula is C49H59ClN2O11. The number of unbranched alkanes of at least 4 members (excludes halogenated alkanes) is 2. The number of carbonyl (C=O) groups excluding carboxylic acids is 2. The standard InChI is InChI=1S/C49H59ClN2O11/c1-5-22-60-49-44(52(47(56)57-23-19-50)29-32-15-17-42-43(25-32)59-31-58-42)28-40(51-63-48(2,3)4)38-26-34(12-6-8-20-53)37(14-7-9-21-54)45(46(38)49)39-27-36(16-18-41(39)62-49)61-35-13-10-11-33(24-35)30-55/h5,10-11,13,15-18,24-27,30,34,37,44-46,53-54H,1,6-9,12,14,19-23,28-29,31H2,2-4H3/t34-,37+,44-,45+,46+,49+/m0/s1. The third-order valence-electron chi connectivity index (χ3n) is 12.0. The van der Waals surface area contributed by atoms with Gasteiger partial charge in [-0.15, -0.1) is 18.2 Å². The molecule has 2 aliphatic carbocycles. The molecular weight excluding hydrogens is 828 g/mol. The first-order valence-electron chi connectivity index (χ1n) is 21.9. The number of nitrogens with zero attached hydrogens (tertiary/aromatic N) is 2. The lowest BCUT2D eigenvalue weighted by Gasteiger charge is -2.60. The van der Waals surface area contributed by atoms with E-state index in [1.165, 1.54) is 0 Å². The van der Waals surface area contributed by atoms with E-state index in [0.29, 0.717) is 52.9 Å². The summed E-state index contributed by atoms with van der Waals surface area (Å²) in [5.41, 5.74) is 3.03. The molecule has 0 bridgehead atoms. The lowest BCUT2D eigenvalue weighted by molar-refractivity contribution is -0.256. The topological polar surface area (TPSA) is 155 Å². The zero-order valence-corrected chi connectivity index (χ0v) is 37.1. The van der Waals surface area contributed by atoms with Crippen molar-refractivity contribution in [1.82, 2.24) is 4.90 Å². The molecule has 1 amide bonds. The number of aldehydes is 1. The number of allylic oxidation sites excluding steroid dienone is 1. The summed E-state index contributed by atoms with van der Waals surface area (Å²) in [5, 5.41) is 24.8. The average molecular weight is 887 g/mol. The first-order chi connectivity index (χ1) is 30.5. The number of hydrogen-bond donors (Lipinski definition) is 2. The van der Waals surface area contributed by atoms with Gasteiger partial charge in [0.1, 0.15) is 41.8 Å². The Labute approximate surface area is 374 Å². The molecule has 0 radical (unpaired) electrons. The lowest BCUT2D eigenvalue weighted by atomic mass is 9.55. The molecule has 7 rings (SSSR count). The quantitative estimate of drug-likeness (QED) is 0.0367. The summed E-state index contributed by atoms with van der Waals surface area (Å²) in [4.78, 5) is 34.2. The highest BCUT2D eigenvalue weighted by atomic mass is 35.5. The van der Waals surface area contributed by atoms with Gasteiger partial charge in [-0.3, -0.25) is 9.69 Å².